The van der Waals surface area contributed by atoms with Gasteiger partial charge in [-0.15, -0.1) is 11.3 Å². The number of nitrogens with one attached hydrogen (secondary N) is 1. The smallest absolute Gasteiger partial charge is 0.416 e. The number of benzene rings is 3. The van der Waals surface area contributed by atoms with Gasteiger partial charge in [-0.25, -0.2) is 4.79 Å². The monoisotopic (exact) mass is 524 g/mol. The summed E-state index contributed by atoms with van der Waals surface area (Å²) >= 11 is 1.08. The van der Waals surface area contributed by atoms with Crippen molar-refractivity contribution in [3.63, 3.8) is 0 Å². The van der Waals surface area contributed by atoms with Gasteiger partial charge in [0.15, 0.2) is 0 Å². The van der Waals surface area contributed by atoms with Crippen LogP contribution >= 0.6 is 11.3 Å². The zero-order valence-electron chi connectivity index (χ0n) is 19.1. The summed E-state index contributed by atoms with van der Waals surface area (Å²) in [7, 11) is 0. The lowest BCUT2D eigenvalue weighted by atomic mass is 10.0. The number of halogens is 3. The van der Waals surface area contributed by atoms with Gasteiger partial charge in [-0.2, -0.15) is 13.2 Å². The molecule has 37 heavy (non-hydrogen) atoms. The molecule has 2 heterocycles. The van der Waals surface area contributed by atoms with Crippen LogP contribution in [0.5, 0.6) is 0 Å². The van der Waals surface area contributed by atoms with Crippen LogP contribution in [0.15, 0.2) is 66.7 Å². The van der Waals surface area contributed by atoms with E-state index in [0.29, 0.717) is 16.0 Å². The maximum atomic E-state index is 13.0. The maximum Gasteiger partial charge on any atom is 0.416 e. The zero-order chi connectivity index (χ0) is 26.3. The molecule has 2 N–H and O–H groups in total. The molecule has 0 fully saturated rings. The van der Waals surface area contributed by atoms with E-state index in [0.717, 1.165) is 46.4 Å². The van der Waals surface area contributed by atoms with Crippen molar-refractivity contribution in [2.24, 2.45) is 0 Å². The molecule has 3 aromatic carbocycles. The molecule has 188 valence electrons. The third-order valence-electron chi connectivity index (χ3n) is 6.26. The van der Waals surface area contributed by atoms with Gasteiger partial charge in [-0.1, -0.05) is 30.3 Å². The fourth-order valence-electron chi connectivity index (χ4n) is 4.38. The summed E-state index contributed by atoms with van der Waals surface area (Å²) in [5, 5.41) is 14.6. The van der Waals surface area contributed by atoms with Crippen LogP contribution in [0.25, 0.3) is 10.8 Å². The van der Waals surface area contributed by atoms with E-state index in [1.54, 1.807) is 12.1 Å². The number of carboxylic acid groups (broad SMARTS) is 1. The summed E-state index contributed by atoms with van der Waals surface area (Å²) in [6.45, 7) is 0.286. The lowest BCUT2D eigenvalue weighted by Crippen LogP contribution is -2.35. The summed E-state index contributed by atoms with van der Waals surface area (Å²) in [4.78, 5) is 40.0. The highest BCUT2D eigenvalue weighted by atomic mass is 32.1. The molecule has 10 heteroatoms. The van der Waals surface area contributed by atoms with Gasteiger partial charge < -0.3 is 15.3 Å². The van der Waals surface area contributed by atoms with Crippen molar-refractivity contribution in [2.75, 3.05) is 11.9 Å². The molecule has 0 radical (unpaired) electrons. The van der Waals surface area contributed by atoms with Crippen molar-refractivity contribution >= 4 is 44.9 Å². The molecule has 6 nitrogen and oxygen atoms in total. The van der Waals surface area contributed by atoms with Gasteiger partial charge in [0.1, 0.15) is 5.00 Å². The predicted octanol–water partition coefficient (Wildman–Crippen LogP) is 6.07. The van der Waals surface area contributed by atoms with Gasteiger partial charge in [-0.05, 0) is 59.2 Å². The lowest BCUT2D eigenvalue weighted by Gasteiger charge is -2.27. The summed E-state index contributed by atoms with van der Waals surface area (Å²) < 4.78 is 38.5. The molecule has 1 aliphatic heterocycles. The molecule has 2 amide bonds. The van der Waals surface area contributed by atoms with Crippen LogP contribution < -0.4 is 5.32 Å². The first kappa shape index (κ1) is 24.5. The molecule has 4 aromatic rings. The number of fused-ring (bicyclic) bond motifs is 2. The molecular weight excluding hydrogens is 505 g/mol. The minimum atomic E-state index is -4.50. The molecule has 1 aromatic heterocycles. The number of amides is 2. The summed E-state index contributed by atoms with van der Waals surface area (Å²) in [5.41, 5.74) is 0.177. The number of anilines is 1. The number of carbonyl (C=O) groups is 3. The van der Waals surface area contributed by atoms with Crippen molar-refractivity contribution in [2.45, 2.75) is 19.1 Å². The fourth-order valence-corrected chi connectivity index (χ4v) is 5.63. The average molecular weight is 525 g/mol. The molecule has 0 saturated heterocycles. The second-order valence-corrected chi connectivity index (χ2v) is 9.69. The third-order valence-corrected chi connectivity index (χ3v) is 7.39. The van der Waals surface area contributed by atoms with Crippen molar-refractivity contribution < 1.29 is 32.7 Å². The largest absolute Gasteiger partial charge is 0.478 e. The highest BCUT2D eigenvalue weighted by molar-refractivity contribution is 7.17. The van der Waals surface area contributed by atoms with Crippen LogP contribution in [0.3, 0.4) is 0 Å². The maximum absolute atomic E-state index is 13.0. The number of hydrogen-bond acceptors (Lipinski definition) is 4. The van der Waals surface area contributed by atoms with E-state index < -0.39 is 29.5 Å². The normalized spacial score (nSPS) is 13.3. The Bertz CT molecular complexity index is 1540. The Balaban J connectivity index is 1.38. The minimum Gasteiger partial charge on any atom is -0.478 e. The van der Waals surface area contributed by atoms with E-state index in [-0.39, 0.29) is 35.6 Å². The summed E-state index contributed by atoms with van der Waals surface area (Å²) in [5.74, 6) is -2.09. The third kappa shape index (κ3) is 4.79. The quantitative estimate of drug-likeness (QED) is 0.339. The van der Waals surface area contributed by atoms with Gasteiger partial charge in [-0.3, -0.25) is 9.59 Å². The number of hydrogen-bond donors (Lipinski definition) is 2. The van der Waals surface area contributed by atoms with Crippen LogP contribution in [0.1, 0.15) is 47.1 Å². The van der Waals surface area contributed by atoms with Crippen LogP contribution in [-0.2, 0) is 19.1 Å². The van der Waals surface area contributed by atoms with Crippen molar-refractivity contribution in [3.8, 4) is 0 Å². The van der Waals surface area contributed by atoms with E-state index >= 15 is 0 Å². The fraction of sp³-hybridized carbons (Fsp3) is 0.148. The molecule has 0 spiro atoms. The van der Waals surface area contributed by atoms with Gasteiger partial charge >= 0.3 is 12.1 Å². The molecule has 0 aliphatic carbocycles. The topological polar surface area (TPSA) is 86.7 Å². The Morgan fingerprint density at radius 3 is 2.27 bits per heavy atom. The van der Waals surface area contributed by atoms with E-state index in [4.69, 9.17) is 0 Å². The summed E-state index contributed by atoms with van der Waals surface area (Å²) in [6, 6.07) is 16.7. The SMILES string of the molecule is O=C(Nc1sc2c(c1C(=O)O)CCN(C(=O)c1ccc(C(F)(F)F)cc1)C2)c1ccc2ccccc2c1. The van der Waals surface area contributed by atoms with Gasteiger partial charge in [0.05, 0.1) is 17.7 Å². The Morgan fingerprint density at radius 2 is 1.59 bits per heavy atom. The molecule has 5 rings (SSSR count). The number of aromatic carboxylic acids is 1. The number of rotatable bonds is 4. The van der Waals surface area contributed by atoms with Crippen molar-refractivity contribution in [1.29, 1.82) is 0 Å². The molecule has 0 atom stereocenters. The number of thiophene rings is 1. The minimum absolute atomic E-state index is 0.00392. The van der Waals surface area contributed by atoms with Crippen LogP contribution in [0, 0.1) is 0 Å². The Kier molecular flexibility index (Phi) is 6.20. The van der Waals surface area contributed by atoms with Crippen LogP contribution in [0.2, 0.25) is 0 Å². The van der Waals surface area contributed by atoms with E-state index in [1.165, 1.54) is 4.90 Å². The first-order valence-electron chi connectivity index (χ1n) is 11.3. The van der Waals surface area contributed by atoms with Crippen molar-refractivity contribution in [3.05, 3.63) is 99.4 Å². The molecular formula is C27H19F3N2O4S. The highest BCUT2D eigenvalue weighted by Crippen LogP contribution is 2.38. The zero-order valence-corrected chi connectivity index (χ0v) is 19.9. The van der Waals surface area contributed by atoms with E-state index in [1.807, 2.05) is 30.3 Å². The standard InChI is InChI=1S/C27H19F3N2O4S/c28-27(29,30)19-9-7-16(8-10-19)25(34)32-12-11-20-21(14-32)37-24(22(20)26(35)36)31-23(33)18-6-5-15-3-1-2-4-17(15)13-18/h1-10,13H,11-12,14H2,(H,31,33)(H,35,36). The molecule has 1 aliphatic rings. The van der Waals surface area contributed by atoms with E-state index in [2.05, 4.69) is 5.32 Å². The highest BCUT2D eigenvalue weighted by Gasteiger charge is 2.32. The van der Waals surface area contributed by atoms with Gasteiger partial charge in [0, 0.05) is 22.5 Å². The predicted molar refractivity (Wildman–Crippen MR) is 133 cm³/mol. The second-order valence-electron chi connectivity index (χ2n) is 8.58. The van der Waals surface area contributed by atoms with Crippen molar-refractivity contribution in [1.82, 2.24) is 4.90 Å². The molecule has 0 unspecified atom stereocenters. The molecule has 0 bridgehead atoms. The van der Waals surface area contributed by atoms with E-state index in [9.17, 15) is 32.7 Å². The number of nitrogens with zero attached hydrogens (tertiary/aromatic N) is 1. The Morgan fingerprint density at radius 1 is 0.919 bits per heavy atom. The van der Waals surface area contributed by atoms with Crippen LogP contribution in [-0.4, -0.2) is 34.3 Å². The lowest BCUT2D eigenvalue weighted by molar-refractivity contribution is -0.137. The Labute approximate surface area is 213 Å². The Hall–Kier alpha value is -4.18. The number of carboxylic acids is 1. The first-order chi connectivity index (χ1) is 17.6. The number of alkyl halides is 3. The first-order valence-corrected chi connectivity index (χ1v) is 12.1. The number of carbonyl (C=O) groups excluding carboxylic acids is 2. The second kappa shape index (κ2) is 9.36. The molecule has 0 saturated carbocycles. The van der Waals surface area contributed by atoms with Crippen LogP contribution in [0.4, 0.5) is 18.2 Å². The average Bonchev–Trinajstić information content (AvgIpc) is 3.24. The summed E-state index contributed by atoms with van der Waals surface area (Å²) in [6.07, 6.45) is -4.26. The van der Waals surface area contributed by atoms with Gasteiger partial charge in [0.25, 0.3) is 11.8 Å². The van der Waals surface area contributed by atoms with Gasteiger partial charge in [0.2, 0.25) is 0 Å².